The minimum Gasteiger partial charge on any atom is -0.493 e. The number of hydrogen-bond donors (Lipinski definition) is 1. The molecule has 160 valence electrons. The number of benzene rings is 3. The van der Waals surface area contributed by atoms with E-state index in [-0.39, 0.29) is 0 Å². The summed E-state index contributed by atoms with van der Waals surface area (Å²) in [7, 11) is 1.59. The Hall–Kier alpha value is -2.73. The van der Waals surface area contributed by atoms with Gasteiger partial charge in [0.05, 0.1) is 27.5 Å². The van der Waals surface area contributed by atoms with E-state index in [1.807, 2.05) is 60.7 Å². The first-order chi connectivity index (χ1) is 15.6. The second-order valence-corrected chi connectivity index (χ2v) is 9.53. The van der Waals surface area contributed by atoms with E-state index in [0.29, 0.717) is 28.2 Å². The van der Waals surface area contributed by atoms with Gasteiger partial charge in [-0.1, -0.05) is 40.2 Å². The van der Waals surface area contributed by atoms with E-state index in [2.05, 4.69) is 47.9 Å². The van der Waals surface area contributed by atoms with E-state index in [1.165, 1.54) is 11.8 Å². The van der Waals surface area contributed by atoms with Crippen molar-refractivity contribution in [1.82, 2.24) is 9.97 Å². The zero-order valence-electron chi connectivity index (χ0n) is 16.9. The molecule has 0 amide bonds. The summed E-state index contributed by atoms with van der Waals surface area (Å²) in [6.45, 7) is 0.406. The van der Waals surface area contributed by atoms with Gasteiger partial charge in [0.25, 0.3) is 0 Å². The number of methoxy groups -OCH3 is 1. The smallest absolute Gasteiger partial charge is 0.175 e. The van der Waals surface area contributed by atoms with Gasteiger partial charge in [-0.25, -0.2) is 4.98 Å². The molecule has 0 aliphatic heterocycles. The summed E-state index contributed by atoms with van der Waals surface area (Å²) in [5.41, 5.74) is 3.65. The normalized spacial score (nSPS) is 11.4. The molecule has 0 bridgehead atoms. The highest BCUT2D eigenvalue weighted by Crippen LogP contribution is 2.38. The molecule has 4 rings (SSSR count). The van der Waals surface area contributed by atoms with Gasteiger partial charge < -0.3 is 14.5 Å². The molecule has 0 atom stereocenters. The van der Waals surface area contributed by atoms with Crippen LogP contribution >= 0.6 is 43.6 Å². The number of allylic oxidation sites excluding steroid dienone is 1. The number of fused-ring (bicyclic) bond motifs is 1. The summed E-state index contributed by atoms with van der Waals surface area (Å²) < 4.78 is 13.3. The molecule has 1 heterocycles. The van der Waals surface area contributed by atoms with Crippen LogP contribution in [0.1, 0.15) is 11.1 Å². The van der Waals surface area contributed by atoms with Gasteiger partial charge in [0, 0.05) is 4.47 Å². The Balaban J connectivity index is 1.55. The SMILES string of the molecule is COc1cc(/C=C(\C#N)Sc2nc3ccccc3[nH]2)cc(Br)c1OCc1ccc(Br)cc1. The van der Waals surface area contributed by atoms with Crippen LogP contribution in [-0.2, 0) is 6.61 Å². The molecule has 3 aromatic carbocycles. The molecular weight excluding hydrogens is 554 g/mol. The monoisotopic (exact) mass is 569 g/mol. The first-order valence-electron chi connectivity index (χ1n) is 9.55. The lowest BCUT2D eigenvalue weighted by Gasteiger charge is -2.14. The fourth-order valence-electron chi connectivity index (χ4n) is 3.02. The van der Waals surface area contributed by atoms with Crippen LogP contribution in [0.5, 0.6) is 11.5 Å². The van der Waals surface area contributed by atoms with E-state index in [9.17, 15) is 5.26 Å². The third kappa shape index (κ3) is 5.36. The zero-order chi connectivity index (χ0) is 22.5. The van der Waals surface area contributed by atoms with Gasteiger partial charge in [0.2, 0.25) is 0 Å². The van der Waals surface area contributed by atoms with E-state index in [4.69, 9.17) is 9.47 Å². The van der Waals surface area contributed by atoms with Gasteiger partial charge in [-0.3, -0.25) is 0 Å². The Bertz CT molecular complexity index is 1290. The van der Waals surface area contributed by atoms with Crippen LogP contribution in [0, 0.1) is 11.3 Å². The molecule has 0 fully saturated rings. The second kappa shape index (κ2) is 10.3. The fraction of sp³-hybridized carbons (Fsp3) is 0.0833. The van der Waals surface area contributed by atoms with Crippen LogP contribution in [0.3, 0.4) is 0 Å². The van der Waals surface area contributed by atoms with Crippen molar-refractivity contribution in [2.75, 3.05) is 7.11 Å². The molecule has 4 aromatic rings. The maximum Gasteiger partial charge on any atom is 0.175 e. The molecule has 32 heavy (non-hydrogen) atoms. The number of nitrogens with zero attached hydrogens (tertiary/aromatic N) is 2. The number of thioether (sulfide) groups is 1. The van der Waals surface area contributed by atoms with Crippen LogP contribution in [0.25, 0.3) is 17.1 Å². The molecular formula is C24H17Br2N3O2S. The molecule has 1 N–H and O–H groups in total. The summed E-state index contributed by atoms with van der Waals surface area (Å²) in [5.74, 6) is 1.18. The number of nitrogens with one attached hydrogen (secondary N) is 1. The summed E-state index contributed by atoms with van der Waals surface area (Å²) in [6, 6.07) is 21.7. The van der Waals surface area contributed by atoms with Crippen molar-refractivity contribution >= 4 is 60.7 Å². The first-order valence-corrected chi connectivity index (χ1v) is 11.9. The maximum atomic E-state index is 9.65. The van der Waals surface area contributed by atoms with Crippen molar-refractivity contribution in [2.24, 2.45) is 0 Å². The number of nitriles is 1. The standard InChI is InChI=1S/C24H17Br2N3O2S/c1-30-22-12-16(11-19(26)23(22)31-14-15-6-8-17(25)9-7-15)10-18(13-27)32-24-28-20-4-2-3-5-21(20)29-24/h2-12H,14H2,1H3,(H,28,29)/b18-10+. The molecule has 0 aliphatic carbocycles. The van der Waals surface area contributed by atoms with Crippen molar-refractivity contribution in [3.63, 3.8) is 0 Å². The molecule has 1 aromatic heterocycles. The first kappa shape index (κ1) is 22.5. The average molecular weight is 571 g/mol. The number of halogens is 2. The Labute approximate surface area is 206 Å². The number of aromatic amines is 1. The topological polar surface area (TPSA) is 70.9 Å². The lowest BCUT2D eigenvalue weighted by atomic mass is 10.2. The maximum absolute atomic E-state index is 9.65. The van der Waals surface area contributed by atoms with Crippen LogP contribution in [0.15, 0.2) is 79.7 Å². The van der Waals surface area contributed by atoms with Gasteiger partial charge in [-0.15, -0.1) is 0 Å². The number of para-hydroxylation sites is 2. The lowest BCUT2D eigenvalue weighted by Crippen LogP contribution is -1.99. The average Bonchev–Trinajstić information content (AvgIpc) is 3.21. The highest BCUT2D eigenvalue weighted by molar-refractivity contribution is 9.10. The Morgan fingerprint density at radius 3 is 2.66 bits per heavy atom. The lowest BCUT2D eigenvalue weighted by molar-refractivity contribution is 0.282. The number of ether oxygens (including phenoxy) is 2. The predicted molar refractivity (Wildman–Crippen MR) is 135 cm³/mol. The number of rotatable bonds is 7. The fourth-order valence-corrected chi connectivity index (χ4v) is 4.61. The number of hydrogen-bond acceptors (Lipinski definition) is 5. The number of imidazole rings is 1. The quantitative estimate of drug-likeness (QED) is 0.186. The minimum absolute atomic E-state index is 0.406. The largest absolute Gasteiger partial charge is 0.493 e. The highest BCUT2D eigenvalue weighted by atomic mass is 79.9. The molecule has 5 nitrogen and oxygen atoms in total. The van der Waals surface area contributed by atoms with Crippen molar-refractivity contribution in [3.05, 3.63) is 85.6 Å². The van der Waals surface area contributed by atoms with Gasteiger partial charge in [0.1, 0.15) is 12.7 Å². The summed E-state index contributed by atoms with van der Waals surface area (Å²) in [5, 5.41) is 10.3. The molecule has 0 radical (unpaired) electrons. The summed E-state index contributed by atoms with van der Waals surface area (Å²) in [6.07, 6.45) is 1.80. The Morgan fingerprint density at radius 1 is 1.16 bits per heavy atom. The molecule has 0 saturated carbocycles. The van der Waals surface area contributed by atoms with Gasteiger partial charge >= 0.3 is 0 Å². The summed E-state index contributed by atoms with van der Waals surface area (Å²) >= 11 is 8.29. The van der Waals surface area contributed by atoms with Gasteiger partial charge in [-0.05, 0) is 81.3 Å². The molecule has 0 unspecified atom stereocenters. The predicted octanol–water partition coefficient (Wildman–Crippen LogP) is 7.33. The van der Waals surface area contributed by atoms with Crippen LogP contribution in [0.4, 0.5) is 0 Å². The Morgan fingerprint density at radius 2 is 1.94 bits per heavy atom. The van der Waals surface area contributed by atoms with E-state index in [1.54, 1.807) is 13.2 Å². The van der Waals surface area contributed by atoms with Crippen LogP contribution < -0.4 is 9.47 Å². The highest BCUT2D eigenvalue weighted by Gasteiger charge is 2.13. The zero-order valence-corrected chi connectivity index (χ0v) is 20.9. The van der Waals surface area contributed by atoms with Crippen molar-refractivity contribution < 1.29 is 9.47 Å². The molecule has 8 heteroatoms. The Kier molecular flexibility index (Phi) is 7.20. The van der Waals surface area contributed by atoms with Gasteiger partial charge in [0.15, 0.2) is 16.7 Å². The minimum atomic E-state index is 0.406. The number of aromatic nitrogens is 2. The van der Waals surface area contributed by atoms with Crippen molar-refractivity contribution in [2.45, 2.75) is 11.8 Å². The van der Waals surface area contributed by atoms with E-state index < -0.39 is 0 Å². The molecule has 0 saturated heterocycles. The molecule has 0 spiro atoms. The van der Waals surface area contributed by atoms with E-state index in [0.717, 1.165) is 31.1 Å². The third-order valence-corrected chi connectivity index (χ3v) is 6.46. The van der Waals surface area contributed by atoms with Crippen molar-refractivity contribution in [1.29, 1.82) is 5.26 Å². The van der Waals surface area contributed by atoms with Crippen LogP contribution in [-0.4, -0.2) is 17.1 Å². The van der Waals surface area contributed by atoms with Crippen molar-refractivity contribution in [3.8, 4) is 17.6 Å². The summed E-state index contributed by atoms with van der Waals surface area (Å²) in [4.78, 5) is 8.25. The second-order valence-electron chi connectivity index (χ2n) is 6.73. The third-order valence-electron chi connectivity index (χ3n) is 4.53. The van der Waals surface area contributed by atoms with Crippen LogP contribution in [0.2, 0.25) is 0 Å². The van der Waals surface area contributed by atoms with E-state index >= 15 is 0 Å². The van der Waals surface area contributed by atoms with Gasteiger partial charge in [-0.2, -0.15) is 5.26 Å². The number of H-pyrrole nitrogens is 1. The molecule has 0 aliphatic rings.